The molecule has 180 valence electrons. The van der Waals surface area contributed by atoms with Gasteiger partial charge in [-0.05, 0) is 60.9 Å². The summed E-state index contributed by atoms with van der Waals surface area (Å²) < 4.78 is 2.14. The van der Waals surface area contributed by atoms with Crippen LogP contribution in [0.5, 0.6) is 0 Å². The fraction of sp³-hybridized carbons (Fsp3) is 0.200. The van der Waals surface area contributed by atoms with Crippen LogP contribution in [-0.4, -0.2) is 40.7 Å². The van der Waals surface area contributed by atoms with Crippen LogP contribution in [0.1, 0.15) is 11.1 Å². The molecule has 0 unspecified atom stereocenters. The van der Waals surface area contributed by atoms with Gasteiger partial charge in [0, 0.05) is 54.3 Å². The van der Waals surface area contributed by atoms with Gasteiger partial charge in [0.05, 0.1) is 5.39 Å². The van der Waals surface area contributed by atoms with Crippen molar-refractivity contribution in [2.24, 2.45) is 0 Å². The van der Waals surface area contributed by atoms with Gasteiger partial charge in [-0.1, -0.05) is 54.1 Å². The molecule has 0 N–H and O–H groups in total. The summed E-state index contributed by atoms with van der Waals surface area (Å²) in [6.07, 6.45) is 3.86. The molecule has 1 aliphatic heterocycles. The summed E-state index contributed by atoms with van der Waals surface area (Å²) >= 11 is 6.17. The summed E-state index contributed by atoms with van der Waals surface area (Å²) in [4.78, 5) is 14.5. The van der Waals surface area contributed by atoms with Crippen LogP contribution in [0.3, 0.4) is 0 Å². The summed E-state index contributed by atoms with van der Waals surface area (Å²) in [5.74, 6) is 0.993. The topological polar surface area (TPSA) is 37.2 Å². The lowest BCUT2D eigenvalue weighted by Gasteiger charge is -2.37. The first-order valence-electron chi connectivity index (χ1n) is 12.3. The third kappa shape index (κ3) is 4.10. The van der Waals surface area contributed by atoms with Gasteiger partial charge in [-0.2, -0.15) is 0 Å². The molecule has 5 aromatic rings. The van der Waals surface area contributed by atoms with Gasteiger partial charge in [0.2, 0.25) is 0 Å². The zero-order valence-corrected chi connectivity index (χ0v) is 21.3. The Kier molecular flexibility index (Phi) is 5.86. The van der Waals surface area contributed by atoms with Crippen LogP contribution >= 0.6 is 11.6 Å². The monoisotopic (exact) mass is 493 g/mol. The van der Waals surface area contributed by atoms with Crippen molar-refractivity contribution in [3.8, 4) is 16.8 Å². The highest BCUT2D eigenvalue weighted by molar-refractivity contribution is 6.30. The van der Waals surface area contributed by atoms with E-state index in [9.17, 15) is 0 Å². The number of halogens is 1. The molecule has 1 fully saturated rings. The molecule has 1 aliphatic rings. The largest absolute Gasteiger partial charge is 0.368 e. The van der Waals surface area contributed by atoms with Crippen LogP contribution in [-0.2, 0) is 0 Å². The molecule has 0 amide bonds. The Balaban J connectivity index is 1.41. The number of fused-ring (bicyclic) bond motifs is 1. The molecule has 0 spiro atoms. The minimum atomic E-state index is 0.718. The summed E-state index contributed by atoms with van der Waals surface area (Å²) in [6, 6.07) is 25.1. The van der Waals surface area contributed by atoms with Gasteiger partial charge in [0.1, 0.15) is 12.1 Å². The zero-order valence-electron chi connectivity index (χ0n) is 20.5. The minimum Gasteiger partial charge on any atom is -0.368 e. The Bertz CT molecular complexity index is 1520. The normalized spacial score (nSPS) is 14.0. The summed E-state index contributed by atoms with van der Waals surface area (Å²) in [5, 5.41) is 1.80. The van der Waals surface area contributed by atoms with Crippen molar-refractivity contribution in [3.63, 3.8) is 0 Å². The lowest BCUT2D eigenvalue weighted by molar-refractivity contribution is 0.647. The molecule has 1 saturated heterocycles. The number of benzene rings is 3. The molecule has 5 nitrogen and oxygen atoms in total. The Hall–Kier alpha value is -3.83. The second kappa shape index (κ2) is 9.32. The predicted octanol–water partition coefficient (Wildman–Crippen LogP) is 6.68. The van der Waals surface area contributed by atoms with E-state index < -0.39 is 0 Å². The molecule has 0 atom stereocenters. The number of hydrogen-bond acceptors (Lipinski definition) is 4. The highest BCUT2D eigenvalue weighted by Gasteiger charge is 2.24. The van der Waals surface area contributed by atoms with Crippen molar-refractivity contribution in [2.45, 2.75) is 13.8 Å². The van der Waals surface area contributed by atoms with Crippen molar-refractivity contribution < 1.29 is 0 Å². The second-order valence-corrected chi connectivity index (χ2v) is 9.85. The lowest BCUT2D eigenvalue weighted by Crippen LogP contribution is -2.47. The maximum absolute atomic E-state index is 6.17. The number of rotatable bonds is 4. The molecule has 3 heterocycles. The first-order valence-corrected chi connectivity index (χ1v) is 12.7. The molecule has 3 aromatic carbocycles. The molecular formula is C30H28ClN5. The highest BCUT2D eigenvalue weighted by atomic mass is 35.5. The zero-order chi connectivity index (χ0) is 24.6. The molecule has 0 bridgehead atoms. The van der Waals surface area contributed by atoms with E-state index in [4.69, 9.17) is 21.6 Å². The smallest absolute Gasteiger partial charge is 0.150 e. The Morgan fingerprint density at radius 2 is 1.50 bits per heavy atom. The van der Waals surface area contributed by atoms with Gasteiger partial charge >= 0.3 is 0 Å². The predicted molar refractivity (Wildman–Crippen MR) is 150 cm³/mol. The van der Waals surface area contributed by atoms with E-state index in [-0.39, 0.29) is 0 Å². The average Bonchev–Trinajstić information content (AvgIpc) is 3.31. The number of hydrogen-bond donors (Lipinski definition) is 0. The highest BCUT2D eigenvalue weighted by Crippen LogP contribution is 2.37. The maximum Gasteiger partial charge on any atom is 0.150 e. The summed E-state index contributed by atoms with van der Waals surface area (Å²) in [6.45, 7) is 8.07. The molecule has 6 heteroatoms. The van der Waals surface area contributed by atoms with Gasteiger partial charge < -0.3 is 14.4 Å². The van der Waals surface area contributed by atoms with Crippen molar-refractivity contribution in [1.82, 2.24) is 14.5 Å². The van der Waals surface area contributed by atoms with Crippen LogP contribution in [0.25, 0.3) is 27.8 Å². The molecule has 0 aliphatic carbocycles. The van der Waals surface area contributed by atoms with Crippen LogP contribution in [0, 0.1) is 13.8 Å². The standard InChI is InChI=1S/C30H28ClN5/c1-21-8-9-22(2)27(18-21)34-14-16-35(17-15-34)29-28-26(23-6-4-3-5-7-23)19-36(30(28)33-20-32-29)25-12-10-24(31)11-13-25/h3-13,18-20H,14-17H2,1-2H3. The molecule has 36 heavy (non-hydrogen) atoms. The third-order valence-electron chi connectivity index (χ3n) is 7.04. The number of aryl methyl sites for hydroxylation is 2. The molecule has 6 rings (SSSR count). The van der Waals surface area contributed by atoms with Crippen molar-refractivity contribution >= 4 is 34.1 Å². The van der Waals surface area contributed by atoms with Crippen molar-refractivity contribution in [1.29, 1.82) is 0 Å². The number of nitrogens with zero attached hydrogens (tertiary/aromatic N) is 5. The average molecular weight is 494 g/mol. The van der Waals surface area contributed by atoms with Crippen LogP contribution in [0.15, 0.2) is 85.3 Å². The van der Waals surface area contributed by atoms with E-state index in [1.165, 1.54) is 16.8 Å². The maximum atomic E-state index is 6.17. The first-order chi connectivity index (χ1) is 17.6. The summed E-state index contributed by atoms with van der Waals surface area (Å²) in [5.41, 5.74) is 8.17. The lowest BCUT2D eigenvalue weighted by atomic mass is 10.1. The van der Waals surface area contributed by atoms with E-state index in [0.717, 1.165) is 64.9 Å². The Morgan fingerprint density at radius 1 is 0.778 bits per heavy atom. The minimum absolute atomic E-state index is 0.718. The van der Waals surface area contributed by atoms with E-state index in [2.05, 4.69) is 76.9 Å². The van der Waals surface area contributed by atoms with E-state index in [1.54, 1.807) is 6.33 Å². The van der Waals surface area contributed by atoms with Crippen molar-refractivity contribution in [2.75, 3.05) is 36.0 Å². The van der Waals surface area contributed by atoms with Gasteiger partial charge in [0.25, 0.3) is 0 Å². The van der Waals surface area contributed by atoms with Crippen LogP contribution in [0.2, 0.25) is 5.02 Å². The van der Waals surface area contributed by atoms with E-state index >= 15 is 0 Å². The fourth-order valence-corrected chi connectivity index (χ4v) is 5.27. The van der Waals surface area contributed by atoms with Crippen LogP contribution in [0.4, 0.5) is 11.5 Å². The molecule has 0 saturated carbocycles. The van der Waals surface area contributed by atoms with Gasteiger partial charge in [-0.3, -0.25) is 0 Å². The third-order valence-corrected chi connectivity index (χ3v) is 7.29. The molecule has 0 radical (unpaired) electrons. The quantitative estimate of drug-likeness (QED) is 0.279. The van der Waals surface area contributed by atoms with Gasteiger partial charge in [-0.25, -0.2) is 9.97 Å². The fourth-order valence-electron chi connectivity index (χ4n) is 5.14. The molecule has 2 aromatic heterocycles. The van der Waals surface area contributed by atoms with Crippen molar-refractivity contribution in [3.05, 3.63) is 101 Å². The van der Waals surface area contributed by atoms with Gasteiger partial charge in [0.15, 0.2) is 5.65 Å². The van der Waals surface area contributed by atoms with Gasteiger partial charge in [-0.15, -0.1) is 0 Å². The van der Waals surface area contributed by atoms with E-state index in [0.29, 0.717) is 0 Å². The SMILES string of the molecule is Cc1ccc(C)c(N2CCN(c3ncnc4c3c(-c3ccccc3)cn4-c3ccc(Cl)cc3)CC2)c1. The second-order valence-electron chi connectivity index (χ2n) is 9.42. The number of anilines is 2. The number of piperazine rings is 1. The summed E-state index contributed by atoms with van der Waals surface area (Å²) in [7, 11) is 0. The molecular weight excluding hydrogens is 466 g/mol. The first kappa shape index (κ1) is 22.6. The van der Waals surface area contributed by atoms with Crippen LogP contribution < -0.4 is 9.80 Å². The Labute approximate surface area is 216 Å². The number of aromatic nitrogens is 3. The Morgan fingerprint density at radius 3 is 2.25 bits per heavy atom. The van der Waals surface area contributed by atoms with E-state index in [1.807, 2.05) is 30.3 Å².